The van der Waals surface area contributed by atoms with E-state index in [4.69, 9.17) is 0 Å². The Morgan fingerprint density at radius 3 is 2.87 bits per heavy atom. The van der Waals surface area contributed by atoms with Gasteiger partial charge in [-0.2, -0.15) is 0 Å². The number of hydrogen-bond acceptors (Lipinski definition) is 5. The first-order valence-electron chi connectivity index (χ1n) is 4.92. The summed E-state index contributed by atoms with van der Waals surface area (Å²) in [6.07, 6.45) is 2.25. The average molecular weight is 243 g/mol. The average Bonchev–Trinajstić information content (AvgIpc) is 2.90. The monoisotopic (exact) mass is 243 g/mol. The first-order chi connectivity index (χ1) is 7.15. The third-order valence-electron chi connectivity index (χ3n) is 2.08. The van der Waals surface area contributed by atoms with Crippen LogP contribution in [0.15, 0.2) is 4.34 Å². The fraction of sp³-hybridized carbons (Fsp3) is 0.667. The Labute approximate surface area is 96.9 Å². The number of aromatic nitrogens is 2. The highest BCUT2D eigenvalue weighted by Crippen LogP contribution is 2.27. The highest BCUT2D eigenvalue weighted by Gasteiger charge is 2.26. The fourth-order valence-electron chi connectivity index (χ4n) is 1.08. The number of carbonyl (C=O) groups excluding carboxylic acids is 1. The van der Waals surface area contributed by atoms with E-state index in [1.54, 1.807) is 0 Å². The van der Waals surface area contributed by atoms with Crippen LogP contribution in [0.25, 0.3) is 0 Å². The lowest BCUT2D eigenvalue weighted by Gasteiger charge is -2.08. The zero-order valence-electron chi connectivity index (χ0n) is 8.69. The summed E-state index contributed by atoms with van der Waals surface area (Å²) >= 11 is 3.00. The summed E-state index contributed by atoms with van der Waals surface area (Å²) in [6, 6.07) is 0.428. The van der Waals surface area contributed by atoms with E-state index in [2.05, 4.69) is 15.5 Å². The Kier molecular flexibility index (Phi) is 3.25. The van der Waals surface area contributed by atoms with E-state index in [-0.39, 0.29) is 11.2 Å². The Bertz CT molecular complexity index is 362. The largest absolute Gasteiger partial charge is 0.352 e. The summed E-state index contributed by atoms with van der Waals surface area (Å²) < 4.78 is 0.867. The van der Waals surface area contributed by atoms with Crippen molar-refractivity contribution in [3.63, 3.8) is 0 Å². The molecule has 1 aliphatic rings. The van der Waals surface area contributed by atoms with E-state index in [1.165, 1.54) is 23.1 Å². The summed E-state index contributed by atoms with van der Waals surface area (Å²) in [5.41, 5.74) is 0. The zero-order valence-corrected chi connectivity index (χ0v) is 10.3. The quantitative estimate of drug-likeness (QED) is 0.816. The van der Waals surface area contributed by atoms with E-state index in [1.807, 2.05) is 13.8 Å². The summed E-state index contributed by atoms with van der Waals surface area (Å²) in [5, 5.41) is 11.7. The molecule has 6 heteroatoms. The Balaban J connectivity index is 1.84. The SMILES string of the molecule is Cc1nnc(SC(C)C(=O)NC2CC2)s1. The first kappa shape index (κ1) is 10.9. The van der Waals surface area contributed by atoms with Crippen LogP contribution in [0.3, 0.4) is 0 Å². The second kappa shape index (κ2) is 4.49. The molecule has 2 rings (SSSR count). The summed E-state index contributed by atoms with van der Waals surface area (Å²) in [5.74, 6) is 0.107. The minimum atomic E-state index is -0.0852. The van der Waals surface area contributed by atoms with Crippen molar-refractivity contribution in [2.75, 3.05) is 0 Å². The van der Waals surface area contributed by atoms with Crippen molar-refractivity contribution in [1.29, 1.82) is 0 Å². The van der Waals surface area contributed by atoms with Gasteiger partial charge in [0.15, 0.2) is 4.34 Å². The van der Waals surface area contributed by atoms with E-state index in [9.17, 15) is 4.79 Å². The number of nitrogens with zero attached hydrogens (tertiary/aromatic N) is 2. The third-order valence-corrected chi connectivity index (χ3v) is 4.10. The molecule has 0 aromatic carbocycles. The number of thioether (sulfide) groups is 1. The maximum Gasteiger partial charge on any atom is 0.233 e. The topological polar surface area (TPSA) is 54.9 Å². The molecule has 0 saturated heterocycles. The van der Waals surface area contributed by atoms with Crippen molar-refractivity contribution in [1.82, 2.24) is 15.5 Å². The van der Waals surface area contributed by atoms with Crippen LogP contribution >= 0.6 is 23.1 Å². The van der Waals surface area contributed by atoms with E-state index < -0.39 is 0 Å². The smallest absolute Gasteiger partial charge is 0.233 e. The number of hydrogen-bond donors (Lipinski definition) is 1. The minimum absolute atomic E-state index is 0.0852. The lowest BCUT2D eigenvalue weighted by molar-refractivity contribution is -0.120. The zero-order chi connectivity index (χ0) is 10.8. The van der Waals surface area contributed by atoms with Crippen LogP contribution in [0.1, 0.15) is 24.8 Å². The predicted molar refractivity (Wildman–Crippen MR) is 61.1 cm³/mol. The molecule has 1 N–H and O–H groups in total. The van der Waals surface area contributed by atoms with Crippen LogP contribution in [-0.4, -0.2) is 27.4 Å². The molecule has 1 saturated carbocycles. The predicted octanol–water partition coefficient (Wildman–Crippen LogP) is 1.61. The molecule has 1 fully saturated rings. The van der Waals surface area contributed by atoms with Gasteiger partial charge in [-0.15, -0.1) is 10.2 Å². The maximum atomic E-state index is 11.6. The van der Waals surface area contributed by atoms with Crippen molar-refractivity contribution in [2.24, 2.45) is 0 Å². The van der Waals surface area contributed by atoms with Crippen molar-refractivity contribution in [2.45, 2.75) is 42.3 Å². The van der Waals surface area contributed by atoms with Gasteiger partial charge >= 0.3 is 0 Å². The Hall–Kier alpha value is -0.620. The van der Waals surface area contributed by atoms with Gasteiger partial charge in [-0.3, -0.25) is 4.79 Å². The first-order valence-corrected chi connectivity index (χ1v) is 6.62. The number of aryl methyl sites for hydroxylation is 1. The fourth-order valence-corrected chi connectivity index (χ4v) is 3.05. The van der Waals surface area contributed by atoms with Crippen molar-refractivity contribution < 1.29 is 4.79 Å². The number of carbonyl (C=O) groups is 1. The van der Waals surface area contributed by atoms with E-state index in [0.29, 0.717) is 6.04 Å². The molecular weight excluding hydrogens is 230 g/mol. The highest BCUT2D eigenvalue weighted by molar-refractivity contribution is 8.02. The minimum Gasteiger partial charge on any atom is -0.352 e. The number of nitrogens with one attached hydrogen (secondary N) is 1. The molecule has 0 spiro atoms. The molecule has 0 bridgehead atoms. The van der Waals surface area contributed by atoms with Gasteiger partial charge in [-0.25, -0.2) is 0 Å². The van der Waals surface area contributed by atoms with E-state index in [0.717, 1.165) is 22.2 Å². The van der Waals surface area contributed by atoms with Crippen molar-refractivity contribution in [3.8, 4) is 0 Å². The van der Waals surface area contributed by atoms with Gasteiger partial charge in [0.1, 0.15) is 5.01 Å². The van der Waals surface area contributed by atoms with Crippen molar-refractivity contribution in [3.05, 3.63) is 5.01 Å². The van der Waals surface area contributed by atoms with Crippen LogP contribution in [0.4, 0.5) is 0 Å². The molecule has 1 aromatic heterocycles. The summed E-state index contributed by atoms with van der Waals surface area (Å²) in [6.45, 7) is 3.82. The lowest BCUT2D eigenvalue weighted by Crippen LogP contribution is -2.32. The lowest BCUT2D eigenvalue weighted by atomic mass is 10.4. The van der Waals surface area contributed by atoms with Gasteiger partial charge in [-0.1, -0.05) is 23.1 Å². The molecule has 1 amide bonds. The second-order valence-electron chi connectivity index (χ2n) is 3.63. The van der Waals surface area contributed by atoms with Gasteiger partial charge in [0.2, 0.25) is 5.91 Å². The van der Waals surface area contributed by atoms with Crippen LogP contribution in [-0.2, 0) is 4.79 Å². The van der Waals surface area contributed by atoms with Gasteiger partial charge in [0.05, 0.1) is 5.25 Å². The summed E-state index contributed by atoms with van der Waals surface area (Å²) in [7, 11) is 0. The number of rotatable bonds is 4. The van der Waals surface area contributed by atoms with Gasteiger partial charge in [-0.05, 0) is 26.7 Å². The normalized spacial score (nSPS) is 17.5. The molecule has 82 valence electrons. The molecule has 1 aromatic rings. The molecular formula is C9H13N3OS2. The third kappa shape index (κ3) is 3.17. The molecule has 0 radical (unpaired) electrons. The molecule has 4 nitrogen and oxygen atoms in total. The van der Waals surface area contributed by atoms with Gasteiger partial charge in [0, 0.05) is 6.04 Å². The molecule has 1 aliphatic carbocycles. The van der Waals surface area contributed by atoms with Gasteiger partial charge < -0.3 is 5.32 Å². The second-order valence-corrected chi connectivity index (χ2v) is 6.40. The molecule has 1 atom stereocenters. The van der Waals surface area contributed by atoms with E-state index >= 15 is 0 Å². The Morgan fingerprint density at radius 2 is 2.33 bits per heavy atom. The molecule has 1 unspecified atom stereocenters. The highest BCUT2D eigenvalue weighted by atomic mass is 32.2. The molecule has 1 heterocycles. The molecule has 0 aliphatic heterocycles. The Morgan fingerprint density at radius 1 is 1.60 bits per heavy atom. The van der Waals surface area contributed by atoms with Crippen molar-refractivity contribution >= 4 is 29.0 Å². The standard InChI is InChI=1S/C9H13N3OS2/c1-5(8(13)10-7-3-4-7)14-9-12-11-6(2)15-9/h5,7H,3-4H2,1-2H3,(H,10,13). The maximum absolute atomic E-state index is 11.6. The number of amides is 1. The van der Waals surface area contributed by atoms with Gasteiger partial charge in [0.25, 0.3) is 0 Å². The van der Waals surface area contributed by atoms with Crippen LogP contribution < -0.4 is 5.32 Å². The van der Waals surface area contributed by atoms with Crippen LogP contribution in [0, 0.1) is 6.92 Å². The van der Waals surface area contributed by atoms with Crippen LogP contribution in [0.2, 0.25) is 0 Å². The summed E-state index contributed by atoms with van der Waals surface area (Å²) in [4.78, 5) is 11.6. The van der Waals surface area contributed by atoms with Crippen LogP contribution in [0.5, 0.6) is 0 Å². The molecule has 15 heavy (non-hydrogen) atoms.